The molecule has 0 bridgehead atoms. The standard InChI is InChI=1S/C19H18N2OS/c1-22-15-10-6-13(7-11-15)12-23-19-16-4-2-3-5-17(16)20-18(21-19)14-8-9-14/h2-7,10-11,14H,8-9,12H2,1H3. The fourth-order valence-electron chi connectivity index (χ4n) is 2.57. The molecule has 0 atom stereocenters. The number of thioether (sulfide) groups is 1. The van der Waals surface area contributed by atoms with Gasteiger partial charge in [-0.25, -0.2) is 9.97 Å². The van der Waals surface area contributed by atoms with Crippen LogP contribution in [0, 0.1) is 0 Å². The molecule has 0 amide bonds. The van der Waals surface area contributed by atoms with E-state index in [1.54, 1.807) is 18.9 Å². The van der Waals surface area contributed by atoms with E-state index >= 15 is 0 Å². The number of para-hydroxylation sites is 1. The molecule has 2 aromatic carbocycles. The minimum Gasteiger partial charge on any atom is -0.497 e. The normalized spacial score (nSPS) is 14.1. The number of hydrogen-bond acceptors (Lipinski definition) is 4. The smallest absolute Gasteiger partial charge is 0.133 e. The van der Waals surface area contributed by atoms with Gasteiger partial charge in [-0.1, -0.05) is 30.3 Å². The number of hydrogen-bond donors (Lipinski definition) is 0. The van der Waals surface area contributed by atoms with Gasteiger partial charge in [0.25, 0.3) is 0 Å². The van der Waals surface area contributed by atoms with E-state index in [-0.39, 0.29) is 0 Å². The monoisotopic (exact) mass is 322 g/mol. The number of methoxy groups -OCH3 is 1. The first-order valence-corrected chi connectivity index (χ1v) is 8.84. The van der Waals surface area contributed by atoms with Gasteiger partial charge in [-0.15, -0.1) is 11.8 Å². The molecule has 0 spiro atoms. The van der Waals surface area contributed by atoms with Gasteiger partial charge in [-0.05, 0) is 36.6 Å². The first kappa shape index (κ1) is 14.5. The first-order chi connectivity index (χ1) is 11.3. The Balaban J connectivity index is 1.61. The molecule has 0 saturated heterocycles. The van der Waals surface area contributed by atoms with Crippen LogP contribution < -0.4 is 4.74 Å². The second-order valence-electron chi connectivity index (χ2n) is 5.82. The van der Waals surface area contributed by atoms with Crippen LogP contribution in [-0.2, 0) is 5.75 Å². The minimum atomic E-state index is 0.569. The zero-order valence-corrected chi connectivity index (χ0v) is 13.8. The van der Waals surface area contributed by atoms with Gasteiger partial charge in [0, 0.05) is 17.1 Å². The highest BCUT2D eigenvalue weighted by molar-refractivity contribution is 7.98. The fourth-order valence-corrected chi connectivity index (χ4v) is 3.55. The van der Waals surface area contributed by atoms with E-state index in [1.807, 2.05) is 18.2 Å². The lowest BCUT2D eigenvalue weighted by Crippen LogP contribution is -1.96. The molecule has 23 heavy (non-hydrogen) atoms. The Morgan fingerprint density at radius 1 is 1.04 bits per heavy atom. The highest BCUT2D eigenvalue weighted by Gasteiger charge is 2.27. The van der Waals surface area contributed by atoms with Gasteiger partial charge in [0.1, 0.15) is 16.6 Å². The second-order valence-corrected chi connectivity index (χ2v) is 6.78. The molecule has 0 radical (unpaired) electrons. The summed E-state index contributed by atoms with van der Waals surface area (Å²) in [6.45, 7) is 0. The van der Waals surface area contributed by atoms with Crippen molar-refractivity contribution in [2.45, 2.75) is 29.5 Å². The summed E-state index contributed by atoms with van der Waals surface area (Å²) in [6, 6.07) is 16.5. The Bertz CT molecular complexity index is 828. The lowest BCUT2D eigenvalue weighted by atomic mass is 10.2. The van der Waals surface area contributed by atoms with Crippen molar-refractivity contribution >= 4 is 22.7 Å². The maximum atomic E-state index is 5.21. The average Bonchev–Trinajstić information content (AvgIpc) is 3.45. The van der Waals surface area contributed by atoms with Gasteiger partial charge >= 0.3 is 0 Å². The van der Waals surface area contributed by atoms with Crippen molar-refractivity contribution in [3.8, 4) is 5.75 Å². The van der Waals surface area contributed by atoms with E-state index in [0.717, 1.165) is 33.3 Å². The first-order valence-electron chi connectivity index (χ1n) is 7.86. The van der Waals surface area contributed by atoms with Crippen LogP contribution in [0.5, 0.6) is 5.75 Å². The molecular weight excluding hydrogens is 304 g/mol. The molecule has 116 valence electrons. The van der Waals surface area contributed by atoms with Crippen molar-refractivity contribution in [2.24, 2.45) is 0 Å². The number of nitrogens with zero attached hydrogens (tertiary/aromatic N) is 2. The highest BCUT2D eigenvalue weighted by atomic mass is 32.2. The number of ether oxygens (including phenoxy) is 1. The Hall–Kier alpha value is -2.07. The van der Waals surface area contributed by atoms with Crippen molar-refractivity contribution in [3.05, 3.63) is 59.9 Å². The summed E-state index contributed by atoms with van der Waals surface area (Å²) in [5.41, 5.74) is 2.33. The molecule has 1 fully saturated rings. The van der Waals surface area contributed by atoms with Crippen LogP contribution in [0.3, 0.4) is 0 Å². The maximum absolute atomic E-state index is 5.21. The average molecular weight is 322 g/mol. The molecule has 0 N–H and O–H groups in total. The Labute approximate surface area is 140 Å². The molecule has 0 unspecified atom stereocenters. The van der Waals surface area contributed by atoms with E-state index in [9.17, 15) is 0 Å². The predicted molar refractivity (Wildman–Crippen MR) is 94.1 cm³/mol. The fraction of sp³-hybridized carbons (Fsp3) is 0.263. The molecule has 1 aliphatic carbocycles. The van der Waals surface area contributed by atoms with Crippen LogP contribution in [0.15, 0.2) is 53.6 Å². The predicted octanol–water partition coefficient (Wildman–Crippen LogP) is 4.81. The van der Waals surface area contributed by atoms with Gasteiger partial charge in [0.2, 0.25) is 0 Å². The van der Waals surface area contributed by atoms with E-state index in [4.69, 9.17) is 14.7 Å². The summed E-state index contributed by atoms with van der Waals surface area (Å²) in [6.07, 6.45) is 2.45. The maximum Gasteiger partial charge on any atom is 0.133 e. The van der Waals surface area contributed by atoms with Crippen LogP contribution in [0.1, 0.15) is 30.1 Å². The molecule has 1 aromatic heterocycles. The Morgan fingerprint density at radius 2 is 1.83 bits per heavy atom. The molecule has 1 saturated carbocycles. The van der Waals surface area contributed by atoms with E-state index in [2.05, 4.69) is 30.3 Å². The zero-order valence-electron chi connectivity index (χ0n) is 13.0. The van der Waals surface area contributed by atoms with Crippen LogP contribution >= 0.6 is 11.8 Å². The summed E-state index contributed by atoms with van der Waals surface area (Å²) in [5.74, 6) is 3.37. The van der Waals surface area contributed by atoms with E-state index < -0.39 is 0 Å². The quantitative estimate of drug-likeness (QED) is 0.499. The van der Waals surface area contributed by atoms with Gasteiger partial charge in [-0.2, -0.15) is 0 Å². The van der Waals surface area contributed by atoms with Crippen molar-refractivity contribution < 1.29 is 4.74 Å². The van der Waals surface area contributed by atoms with Crippen LogP contribution in [0.2, 0.25) is 0 Å². The molecule has 4 rings (SSSR count). The third-order valence-electron chi connectivity index (χ3n) is 4.06. The second kappa shape index (κ2) is 6.20. The molecular formula is C19H18N2OS. The molecule has 3 nitrogen and oxygen atoms in total. The number of benzene rings is 2. The number of aromatic nitrogens is 2. The van der Waals surface area contributed by atoms with Gasteiger partial charge < -0.3 is 4.74 Å². The Kier molecular flexibility index (Phi) is 3.92. The van der Waals surface area contributed by atoms with Gasteiger partial charge in [0.15, 0.2) is 0 Å². The van der Waals surface area contributed by atoms with Crippen molar-refractivity contribution in [3.63, 3.8) is 0 Å². The topological polar surface area (TPSA) is 35.0 Å². The van der Waals surface area contributed by atoms with Crippen molar-refractivity contribution in [1.82, 2.24) is 9.97 Å². The van der Waals surface area contributed by atoms with Crippen molar-refractivity contribution in [2.75, 3.05) is 7.11 Å². The minimum absolute atomic E-state index is 0.569. The third-order valence-corrected chi connectivity index (χ3v) is 5.12. The van der Waals surface area contributed by atoms with Crippen LogP contribution in [0.4, 0.5) is 0 Å². The van der Waals surface area contributed by atoms with Gasteiger partial charge in [-0.3, -0.25) is 0 Å². The molecule has 0 aliphatic heterocycles. The SMILES string of the molecule is COc1ccc(CSc2nc(C3CC3)nc3ccccc23)cc1. The number of rotatable bonds is 5. The summed E-state index contributed by atoms with van der Waals surface area (Å²) in [5, 5.41) is 2.24. The lowest BCUT2D eigenvalue weighted by Gasteiger charge is -2.08. The summed E-state index contributed by atoms with van der Waals surface area (Å²) in [7, 11) is 1.69. The Morgan fingerprint density at radius 3 is 2.57 bits per heavy atom. The highest BCUT2D eigenvalue weighted by Crippen LogP contribution is 2.40. The largest absolute Gasteiger partial charge is 0.497 e. The number of fused-ring (bicyclic) bond motifs is 1. The third kappa shape index (κ3) is 3.17. The van der Waals surface area contributed by atoms with Crippen LogP contribution in [-0.4, -0.2) is 17.1 Å². The van der Waals surface area contributed by atoms with Crippen molar-refractivity contribution in [1.29, 1.82) is 0 Å². The van der Waals surface area contributed by atoms with E-state index in [0.29, 0.717) is 5.92 Å². The molecule has 1 aliphatic rings. The molecule has 4 heteroatoms. The van der Waals surface area contributed by atoms with Crippen LogP contribution in [0.25, 0.3) is 10.9 Å². The summed E-state index contributed by atoms with van der Waals surface area (Å²) >= 11 is 1.78. The zero-order chi connectivity index (χ0) is 15.6. The summed E-state index contributed by atoms with van der Waals surface area (Å²) in [4.78, 5) is 9.57. The molecule has 3 aromatic rings. The van der Waals surface area contributed by atoms with Gasteiger partial charge in [0.05, 0.1) is 12.6 Å². The lowest BCUT2D eigenvalue weighted by molar-refractivity contribution is 0.414. The molecule has 1 heterocycles. The summed E-state index contributed by atoms with van der Waals surface area (Å²) < 4.78 is 5.21. The van der Waals surface area contributed by atoms with E-state index in [1.165, 1.54) is 18.4 Å².